The zero-order valence-electron chi connectivity index (χ0n) is 14.5. The number of rotatable bonds is 5. The summed E-state index contributed by atoms with van der Waals surface area (Å²) in [5, 5.41) is 0. The predicted molar refractivity (Wildman–Crippen MR) is 90.9 cm³/mol. The Morgan fingerprint density at radius 3 is 2.61 bits per heavy atom. The molecule has 2 unspecified atom stereocenters. The topological polar surface area (TPSA) is 39.7 Å². The van der Waals surface area contributed by atoms with Crippen molar-refractivity contribution in [1.29, 1.82) is 0 Å². The van der Waals surface area contributed by atoms with Crippen LogP contribution < -0.4 is 0 Å². The van der Waals surface area contributed by atoms with E-state index >= 15 is 0 Å². The summed E-state index contributed by atoms with van der Waals surface area (Å²) in [7, 11) is 2.03. The molecule has 1 aromatic heterocycles. The van der Waals surface area contributed by atoms with E-state index in [-0.39, 0.29) is 0 Å². The van der Waals surface area contributed by atoms with E-state index in [9.17, 15) is 4.79 Å². The van der Waals surface area contributed by atoms with Crippen molar-refractivity contribution in [2.75, 3.05) is 26.7 Å². The van der Waals surface area contributed by atoms with Crippen LogP contribution in [0.3, 0.4) is 0 Å². The molecule has 23 heavy (non-hydrogen) atoms. The van der Waals surface area contributed by atoms with Crippen LogP contribution in [0, 0.1) is 0 Å². The highest BCUT2D eigenvalue weighted by Crippen LogP contribution is 2.31. The van der Waals surface area contributed by atoms with E-state index < -0.39 is 0 Å². The number of carbonyl (C=O) groups excluding carboxylic acids is 1. The van der Waals surface area contributed by atoms with Gasteiger partial charge in [-0.05, 0) is 45.4 Å². The number of aromatic nitrogens is 1. The van der Waals surface area contributed by atoms with Crippen molar-refractivity contribution >= 4 is 5.91 Å². The van der Waals surface area contributed by atoms with Crippen LogP contribution in [0.5, 0.6) is 0 Å². The van der Waals surface area contributed by atoms with Crippen LogP contribution in [-0.2, 0) is 11.3 Å². The lowest BCUT2D eigenvalue weighted by Gasteiger charge is -2.42. The standard InChI is InChI=1S/C18H28N4O/c1-14(2)20(3)13-18(23)22-16-6-7-17(22)12-21(11-16)10-15-5-4-8-19-9-15/h4-5,8-9,14,16-17H,6-7,10-13H2,1-3H3. The number of hydrogen-bond acceptors (Lipinski definition) is 4. The minimum absolute atomic E-state index is 0.301. The van der Waals surface area contributed by atoms with Crippen LogP contribution in [0.4, 0.5) is 0 Å². The molecule has 2 fully saturated rings. The Morgan fingerprint density at radius 2 is 2.04 bits per heavy atom. The number of amides is 1. The van der Waals surface area contributed by atoms with Crippen LogP contribution in [0.1, 0.15) is 32.3 Å². The summed E-state index contributed by atoms with van der Waals surface area (Å²) in [6.45, 7) is 7.72. The number of likely N-dealkylation sites (N-methyl/N-ethyl adjacent to an activating group) is 1. The van der Waals surface area contributed by atoms with Crippen LogP contribution in [0.15, 0.2) is 24.5 Å². The van der Waals surface area contributed by atoms with Crippen LogP contribution in [-0.4, -0.2) is 70.4 Å². The lowest BCUT2D eigenvalue weighted by atomic mass is 10.1. The van der Waals surface area contributed by atoms with E-state index in [4.69, 9.17) is 0 Å². The van der Waals surface area contributed by atoms with Gasteiger partial charge in [-0.25, -0.2) is 0 Å². The molecule has 0 aliphatic carbocycles. The van der Waals surface area contributed by atoms with Crippen LogP contribution in [0.25, 0.3) is 0 Å². The summed E-state index contributed by atoms with van der Waals surface area (Å²) in [5.74, 6) is 0.301. The van der Waals surface area contributed by atoms with E-state index in [0.717, 1.165) is 32.5 Å². The molecular formula is C18H28N4O. The largest absolute Gasteiger partial charge is 0.333 e. The minimum Gasteiger partial charge on any atom is -0.333 e. The Balaban J connectivity index is 1.60. The van der Waals surface area contributed by atoms with Crippen molar-refractivity contribution < 1.29 is 4.79 Å². The molecule has 2 aliphatic heterocycles. The fourth-order valence-corrected chi connectivity index (χ4v) is 3.75. The number of piperazine rings is 1. The molecule has 3 heterocycles. The van der Waals surface area contributed by atoms with Crippen molar-refractivity contribution in [3.8, 4) is 0 Å². The van der Waals surface area contributed by atoms with Gasteiger partial charge in [0.1, 0.15) is 0 Å². The summed E-state index contributed by atoms with van der Waals surface area (Å²) in [4.78, 5) is 23.7. The first-order valence-corrected chi connectivity index (χ1v) is 8.67. The third-order valence-electron chi connectivity index (χ3n) is 5.24. The smallest absolute Gasteiger partial charge is 0.237 e. The summed E-state index contributed by atoms with van der Waals surface area (Å²) in [6.07, 6.45) is 6.04. The quantitative estimate of drug-likeness (QED) is 0.827. The van der Waals surface area contributed by atoms with Gasteiger partial charge in [-0.1, -0.05) is 6.07 Å². The molecule has 2 bridgehead atoms. The second-order valence-electron chi connectivity index (χ2n) is 7.25. The van der Waals surface area contributed by atoms with Crippen molar-refractivity contribution in [2.24, 2.45) is 0 Å². The molecule has 2 atom stereocenters. The normalized spacial score (nSPS) is 24.7. The zero-order chi connectivity index (χ0) is 16.4. The highest BCUT2D eigenvalue weighted by molar-refractivity contribution is 5.79. The maximum atomic E-state index is 12.7. The summed E-state index contributed by atoms with van der Waals surface area (Å²) < 4.78 is 0. The van der Waals surface area contributed by atoms with Gasteiger partial charge >= 0.3 is 0 Å². The first-order chi connectivity index (χ1) is 11.0. The third kappa shape index (κ3) is 3.72. The van der Waals surface area contributed by atoms with E-state index in [1.165, 1.54) is 5.56 Å². The minimum atomic E-state index is 0.301. The number of carbonyl (C=O) groups is 1. The van der Waals surface area contributed by atoms with Crippen molar-refractivity contribution in [3.63, 3.8) is 0 Å². The van der Waals surface area contributed by atoms with E-state index in [0.29, 0.717) is 30.6 Å². The summed E-state index contributed by atoms with van der Waals surface area (Å²) in [5.41, 5.74) is 1.26. The number of pyridine rings is 1. The van der Waals surface area contributed by atoms with Crippen molar-refractivity contribution in [1.82, 2.24) is 19.7 Å². The Labute approximate surface area is 139 Å². The molecule has 126 valence electrons. The van der Waals surface area contributed by atoms with Gasteiger partial charge in [-0.15, -0.1) is 0 Å². The molecule has 0 spiro atoms. The second kappa shape index (κ2) is 6.97. The molecule has 1 amide bonds. The average Bonchev–Trinajstić information content (AvgIpc) is 2.79. The Morgan fingerprint density at radius 1 is 1.35 bits per heavy atom. The number of fused-ring (bicyclic) bond motifs is 2. The van der Waals surface area contributed by atoms with Crippen LogP contribution >= 0.6 is 0 Å². The lowest BCUT2D eigenvalue weighted by molar-refractivity contribution is -0.138. The first kappa shape index (κ1) is 16.4. The average molecular weight is 316 g/mol. The second-order valence-corrected chi connectivity index (χ2v) is 7.25. The van der Waals surface area contributed by atoms with Crippen molar-refractivity contribution in [3.05, 3.63) is 30.1 Å². The lowest BCUT2D eigenvalue weighted by Crippen LogP contribution is -2.57. The molecular weight excluding hydrogens is 288 g/mol. The molecule has 0 saturated carbocycles. The molecule has 0 aromatic carbocycles. The maximum absolute atomic E-state index is 12.7. The molecule has 3 rings (SSSR count). The Bertz CT molecular complexity index is 519. The SMILES string of the molecule is CC(C)N(C)CC(=O)N1C2CCC1CN(Cc1cccnc1)C2. The molecule has 2 aliphatic rings. The molecule has 0 radical (unpaired) electrons. The molecule has 1 aromatic rings. The van der Waals surface area contributed by atoms with Gasteiger partial charge in [-0.2, -0.15) is 0 Å². The van der Waals surface area contributed by atoms with Gasteiger partial charge in [0.15, 0.2) is 0 Å². The van der Waals surface area contributed by atoms with E-state index in [2.05, 4.69) is 39.6 Å². The highest BCUT2D eigenvalue weighted by atomic mass is 16.2. The van der Waals surface area contributed by atoms with E-state index in [1.54, 1.807) is 0 Å². The molecule has 5 nitrogen and oxygen atoms in total. The number of likely N-dealkylation sites (tertiary alicyclic amines) is 1. The third-order valence-corrected chi connectivity index (χ3v) is 5.24. The van der Waals surface area contributed by atoms with Crippen LogP contribution in [0.2, 0.25) is 0 Å². The van der Waals surface area contributed by atoms with Gasteiger partial charge in [0.05, 0.1) is 6.54 Å². The van der Waals surface area contributed by atoms with Gasteiger partial charge in [-0.3, -0.25) is 19.6 Å². The summed E-state index contributed by atoms with van der Waals surface area (Å²) in [6, 6.07) is 5.30. The fraction of sp³-hybridized carbons (Fsp3) is 0.667. The fourth-order valence-electron chi connectivity index (χ4n) is 3.75. The summed E-state index contributed by atoms with van der Waals surface area (Å²) >= 11 is 0. The van der Waals surface area contributed by atoms with Gasteiger partial charge in [0.25, 0.3) is 0 Å². The monoisotopic (exact) mass is 316 g/mol. The van der Waals surface area contributed by atoms with Gasteiger partial charge in [0, 0.05) is 50.2 Å². The van der Waals surface area contributed by atoms with Gasteiger partial charge < -0.3 is 4.90 Å². The zero-order valence-corrected chi connectivity index (χ0v) is 14.5. The molecule has 2 saturated heterocycles. The Hall–Kier alpha value is -1.46. The first-order valence-electron chi connectivity index (χ1n) is 8.67. The van der Waals surface area contributed by atoms with Gasteiger partial charge in [0.2, 0.25) is 5.91 Å². The number of hydrogen-bond donors (Lipinski definition) is 0. The maximum Gasteiger partial charge on any atom is 0.237 e. The number of nitrogens with zero attached hydrogens (tertiary/aromatic N) is 4. The predicted octanol–water partition coefficient (Wildman–Crippen LogP) is 1.60. The Kier molecular flexibility index (Phi) is 4.97. The van der Waals surface area contributed by atoms with Crippen molar-refractivity contribution in [2.45, 2.75) is 51.4 Å². The molecule has 5 heteroatoms. The highest BCUT2D eigenvalue weighted by Gasteiger charge is 2.42. The van der Waals surface area contributed by atoms with E-state index in [1.807, 2.05) is 25.5 Å². The molecule has 0 N–H and O–H groups in total.